The van der Waals surface area contributed by atoms with Crippen LogP contribution in [0.2, 0.25) is 0 Å². The van der Waals surface area contributed by atoms with Gasteiger partial charge in [0.2, 0.25) is 0 Å². The third-order valence-corrected chi connectivity index (χ3v) is 2.40. The van der Waals surface area contributed by atoms with Gasteiger partial charge in [-0.05, 0) is 23.3 Å². The number of benzene rings is 1. The van der Waals surface area contributed by atoms with E-state index in [4.69, 9.17) is 9.84 Å². The molecule has 3 nitrogen and oxygen atoms in total. The van der Waals surface area contributed by atoms with Crippen LogP contribution in [0.5, 0.6) is 11.5 Å². The standard InChI is InChI=1S/C8H10O3S/c1-11-7-4-3-6(9)5-8(7)12(2)10/h3-5,9H,1-2H3. The smallest absolute Gasteiger partial charge is 0.197 e. The third-order valence-electron chi connectivity index (χ3n) is 1.46. The van der Waals surface area contributed by atoms with E-state index < -0.39 is 11.2 Å². The molecule has 0 spiro atoms. The van der Waals surface area contributed by atoms with Gasteiger partial charge in [0.1, 0.15) is 12.0 Å². The zero-order valence-electron chi connectivity index (χ0n) is 6.90. The van der Waals surface area contributed by atoms with Crippen molar-refractivity contribution in [3.8, 4) is 11.5 Å². The maximum Gasteiger partial charge on any atom is 0.197 e. The summed E-state index contributed by atoms with van der Waals surface area (Å²) in [4.78, 5) is 0.512. The van der Waals surface area contributed by atoms with Crippen molar-refractivity contribution in [2.45, 2.75) is 4.90 Å². The molecule has 0 aromatic heterocycles. The average Bonchev–Trinajstić information content (AvgIpc) is 2.04. The highest BCUT2D eigenvalue weighted by Gasteiger charge is 2.12. The summed E-state index contributed by atoms with van der Waals surface area (Å²) in [5.41, 5.74) is 0. The number of hydrogen-bond acceptors (Lipinski definition) is 3. The maximum absolute atomic E-state index is 11.1. The van der Waals surface area contributed by atoms with Crippen LogP contribution < -0.4 is 4.74 Å². The Balaban J connectivity index is 3.12. The summed E-state index contributed by atoms with van der Waals surface area (Å²) in [5.74, 6) is 0.634. The van der Waals surface area contributed by atoms with Gasteiger partial charge in [-0.3, -0.25) is 0 Å². The summed E-state index contributed by atoms with van der Waals surface area (Å²) < 4.78 is 16.1. The van der Waals surface area contributed by atoms with Crippen molar-refractivity contribution in [2.75, 3.05) is 13.4 Å². The fourth-order valence-corrected chi connectivity index (χ4v) is 1.61. The van der Waals surface area contributed by atoms with Gasteiger partial charge in [0.15, 0.2) is 10.6 Å². The molecule has 0 aliphatic heterocycles. The zero-order valence-corrected chi connectivity index (χ0v) is 7.72. The molecule has 0 aliphatic carbocycles. The van der Waals surface area contributed by atoms with Gasteiger partial charge >= 0.3 is 0 Å². The van der Waals surface area contributed by atoms with Gasteiger partial charge < -0.3 is 14.4 Å². The lowest BCUT2D eigenvalue weighted by Crippen LogP contribution is -2.00. The van der Waals surface area contributed by atoms with Crippen molar-refractivity contribution in [1.29, 1.82) is 0 Å². The molecule has 4 heteroatoms. The number of phenolic OH excluding ortho intramolecular Hbond substituents is 1. The topological polar surface area (TPSA) is 52.5 Å². The lowest BCUT2D eigenvalue weighted by molar-refractivity contribution is 0.399. The summed E-state index contributed by atoms with van der Waals surface area (Å²) in [6.07, 6.45) is 1.54. The molecule has 0 amide bonds. The van der Waals surface area contributed by atoms with E-state index in [-0.39, 0.29) is 5.75 Å². The predicted octanol–water partition coefficient (Wildman–Crippen LogP) is 1.14. The number of hydrogen-bond donors (Lipinski definition) is 1. The Kier molecular flexibility index (Phi) is 2.83. The Bertz CT molecular complexity index is 273. The van der Waals surface area contributed by atoms with E-state index >= 15 is 0 Å². The van der Waals surface area contributed by atoms with E-state index in [1.807, 2.05) is 0 Å². The van der Waals surface area contributed by atoms with E-state index in [0.717, 1.165) is 0 Å². The molecular formula is C8H10O3S. The van der Waals surface area contributed by atoms with Crippen molar-refractivity contribution in [1.82, 2.24) is 0 Å². The van der Waals surface area contributed by atoms with Crippen LogP contribution in [0.25, 0.3) is 0 Å². The molecule has 0 fully saturated rings. The van der Waals surface area contributed by atoms with E-state index in [2.05, 4.69) is 0 Å². The molecule has 0 heterocycles. The first-order valence-electron chi connectivity index (χ1n) is 3.35. The van der Waals surface area contributed by atoms with Crippen LogP contribution in [0.15, 0.2) is 23.1 Å². The minimum atomic E-state index is -1.14. The number of rotatable bonds is 2. The fourth-order valence-electron chi connectivity index (χ4n) is 0.890. The Morgan fingerprint density at radius 2 is 2.17 bits per heavy atom. The molecule has 1 rings (SSSR count). The first-order valence-corrected chi connectivity index (χ1v) is 4.91. The lowest BCUT2D eigenvalue weighted by atomic mass is 10.3. The molecule has 0 bridgehead atoms. The number of aromatic hydroxyl groups is 1. The number of phenols is 1. The highest BCUT2D eigenvalue weighted by molar-refractivity contribution is 7.90. The fraction of sp³-hybridized carbons (Fsp3) is 0.250. The Morgan fingerprint density at radius 3 is 2.67 bits per heavy atom. The van der Waals surface area contributed by atoms with Gasteiger partial charge in [-0.2, -0.15) is 0 Å². The van der Waals surface area contributed by atoms with E-state index in [1.54, 1.807) is 6.07 Å². The zero-order chi connectivity index (χ0) is 9.14. The molecule has 0 saturated heterocycles. The Hall–Kier alpha value is -0.870. The van der Waals surface area contributed by atoms with Gasteiger partial charge in [-0.1, -0.05) is 0 Å². The number of methoxy groups -OCH3 is 1. The van der Waals surface area contributed by atoms with Gasteiger partial charge in [0.25, 0.3) is 0 Å². The molecule has 0 saturated carbocycles. The highest BCUT2D eigenvalue weighted by atomic mass is 32.2. The summed E-state index contributed by atoms with van der Waals surface area (Å²) in [7, 11) is 1.50. The SMILES string of the molecule is COc1ccc(O)cc1[S+](C)[O-]. The first-order chi connectivity index (χ1) is 5.65. The Morgan fingerprint density at radius 1 is 1.50 bits per heavy atom. The second-order valence-corrected chi connectivity index (χ2v) is 3.64. The van der Waals surface area contributed by atoms with Crippen LogP contribution in [0, 0.1) is 0 Å². The molecule has 1 aromatic carbocycles. The second-order valence-electron chi connectivity index (χ2n) is 2.29. The minimum absolute atomic E-state index is 0.0981. The molecule has 1 N–H and O–H groups in total. The van der Waals surface area contributed by atoms with Crippen LogP contribution >= 0.6 is 0 Å². The van der Waals surface area contributed by atoms with Gasteiger partial charge in [-0.15, -0.1) is 0 Å². The van der Waals surface area contributed by atoms with Crippen LogP contribution in [0.3, 0.4) is 0 Å². The average molecular weight is 186 g/mol. The van der Waals surface area contributed by atoms with Gasteiger partial charge in [0, 0.05) is 6.07 Å². The lowest BCUT2D eigenvalue weighted by Gasteiger charge is -2.08. The summed E-state index contributed by atoms with van der Waals surface area (Å²) in [5, 5.41) is 9.09. The van der Waals surface area contributed by atoms with Crippen molar-refractivity contribution < 1.29 is 14.4 Å². The van der Waals surface area contributed by atoms with Crippen LogP contribution in [0.4, 0.5) is 0 Å². The van der Waals surface area contributed by atoms with Crippen molar-refractivity contribution in [2.24, 2.45) is 0 Å². The molecule has 1 atom stereocenters. The summed E-state index contributed by atoms with van der Waals surface area (Å²) in [6, 6.07) is 4.52. The summed E-state index contributed by atoms with van der Waals surface area (Å²) in [6.45, 7) is 0. The largest absolute Gasteiger partial charge is 0.612 e. The van der Waals surface area contributed by atoms with E-state index in [9.17, 15) is 4.55 Å². The number of ether oxygens (including phenoxy) is 1. The molecule has 66 valence electrons. The predicted molar refractivity (Wildman–Crippen MR) is 47.0 cm³/mol. The van der Waals surface area contributed by atoms with Crippen molar-refractivity contribution in [3.63, 3.8) is 0 Å². The monoisotopic (exact) mass is 186 g/mol. The molecule has 0 radical (unpaired) electrons. The quantitative estimate of drug-likeness (QED) is 0.704. The summed E-state index contributed by atoms with van der Waals surface area (Å²) >= 11 is -1.14. The van der Waals surface area contributed by atoms with E-state index in [0.29, 0.717) is 10.6 Å². The van der Waals surface area contributed by atoms with Crippen molar-refractivity contribution in [3.05, 3.63) is 18.2 Å². The van der Waals surface area contributed by atoms with Crippen LogP contribution in [0.1, 0.15) is 0 Å². The van der Waals surface area contributed by atoms with Crippen LogP contribution in [-0.2, 0) is 11.2 Å². The second kappa shape index (κ2) is 3.69. The van der Waals surface area contributed by atoms with Crippen LogP contribution in [-0.4, -0.2) is 23.0 Å². The maximum atomic E-state index is 11.1. The highest BCUT2D eigenvalue weighted by Crippen LogP contribution is 2.27. The molecule has 0 aliphatic rings. The van der Waals surface area contributed by atoms with Crippen molar-refractivity contribution >= 4 is 11.2 Å². The Labute approximate surface area is 74.2 Å². The molecule has 12 heavy (non-hydrogen) atoms. The normalized spacial score (nSPS) is 12.6. The molecular weight excluding hydrogens is 176 g/mol. The van der Waals surface area contributed by atoms with Gasteiger partial charge in [0.05, 0.1) is 7.11 Å². The first kappa shape index (κ1) is 9.22. The van der Waals surface area contributed by atoms with Gasteiger partial charge in [-0.25, -0.2) is 0 Å². The molecule has 1 aromatic rings. The molecule has 1 unspecified atom stereocenters. The van der Waals surface area contributed by atoms with E-state index in [1.165, 1.54) is 25.5 Å². The third kappa shape index (κ3) is 1.84. The minimum Gasteiger partial charge on any atom is -0.612 e.